The Morgan fingerprint density at radius 1 is 1.32 bits per heavy atom. The summed E-state index contributed by atoms with van der Waals surface area (Å²) >= 11 is 5.58. The molecule has 0 heterocycles. The highest BCUT2D eigenvalue weighted by molar-refractivity contribution is 6.30. The summed E-state index contributed by atoms with van der Waals surface area (Å²) in [6.07, 6.45) is 2.34. The maximum atomic E-state index is 13.9. The zero-order chi connectivity index (χ0) is 14.4. The van der Waals surface area contributed by atoms with Gasteiger partial charge in [0.05, 0.1) is 5.02 Å². The van der Waals surface area contributed by atoms with Gasteiger partial charge in [0.25, 0.3) is 0 Å². The van der Waals surface area contributed by atoms with Gasteiger partial charge in [-0.05, 0) is 37.9 Å². The maximum Gasteiger partial charge on any atom is 0.142 e. The van der Waals surface area contributed by atoms with Gasteiger partial charge in [-0.3, -0.25) is 0 Å². The third kappa shape index (κ3) is 4.59. The first-order chi connectivity index (χ1) is 8.99. The van der Waals surface area contributed by atoms with E-state index in [-0.39, 0.29) is 11.1 Å². The first kappa shape index (κ1) is 16.1. The molecule has 0 bridgehead atoms. The van der Waals surface area contributed by atoms with E-state index in [1.165, 1.54) is 6.07 Å². The standard InChI is InChI=1S/C15H20ClF2N/c1-4-6-19-15(7-10(3)5-2)11-8-14(18)12(16)9-13(11)17/h8-9,15,19H,3-7H2,1-2H3. The molecule has 4 heteroatoms. The van der Waals surface area contributed by atoms with Crippen molar-refractivity contribution in [3.8, 4) is 0 Å². The van der Waals surface area contributed by atoms with Crippen molar-refractivity contribution in [3.05, 3.63) is 46.5 Å². The normalized spacial score (nSPS) is 12.5. The predicted octanol–water partition coefficient (Wildman–Crippen LogP) is 5.02. The van der Waals surface area contributed by atoms with Gasteiger partial charge in [0, 0.05) is 11.6 Å². The van der Waals surface area contributed by atoms with Gasteiger partial charge in [-0.2, -0.15) is 0 Å². The lowest BCUT2D eigenvalue weighted by molar-refractivity contribution is 0.487. The zero-order valence-corrected chi connectivity index (χ0v) is 12.2. The maximum absolute atomic E-state index is 13.9. The van der Waals surface area contributed by atoms with Gasteiger partial charge >= 0.3 is 0 Å². The number of rotatable bonds is 7. The minimum atomic E-state index is -0.594. The fourth-order valence-corrected chi connectivity index (χ4v) is 2.00. The van der Waals surface area contributed by atoms with Gasteiger partial charge in [-0.25, -0.2) is 8.78 Å². The Kier molecular flexibility index (Phi) is 6.46. The van der Waals surface area contributed by atoms with E-state index in [9.17, 15) is 8.78 Å². The molecule has 0 aliphatic carbocycles. The van der Waals surface area contributed by atoms with Crippen LogP contribution in [-0.2, 0) is 0 Å². The van der Waals surface area contributed by atoms with Crippen molar-refractivity contribution in [2.24, 2.45) is 0 Å². The highest BCUT2D eigenvalue weighted by Crippen LogP contribution is 2.28. The molecule has 0 spiro atoms. The molecule has 1 nitrogen and oxygen atoms in total. The first-order valence-corrected chi connectivity index (χ1v) is 6.91. The lowest BCUT2D eigenvalue weighted by atomic mass is 9.97. The molecule has 0 saturated carbocycles. The fraction of sp³-hybridized carbons (Fsp3) is 0.467. The second-order valence-electron chi connectivity index (χ2n) is 4.60. The van der Waals surface area contributed by atoms with Crippen LogP contribution in [0.5, 0.6) is 0 Å². The molecule has 0 aromatic heterocycles. The second kappa shape index (κ2) is 7.61. The third-order valence-electron chi connectivity index (χ3n) is 3.05. The Hall–Kier alpha value is -0.930. The van der Waals surface area contributed by atoms with E-state index in [1.54, 1.807) is 0 Å². The van der Waals surface area contributed by atoms with Crippen LogP contribution in [0.2, 0.25) is 5.02 Å². The van der Waals surface area contributed by atoms with Crippen LogP contribution in [0, 0.1) is 11.6 Å². The number of nitrogens with one attached hydrogen (secondary N) is 1. The summed E-state index contributed by atoms with van der Waals surface area (Å²) in [5.74, 6) is -1.08. The Balaban J connectivity index is 3.02. The van der Waals surface area contributed by atoms with Crippen LogP contribution in [-0.4, -0.2) is 6.54 Å². The molecule has 0 amide bonds. The summed E-state index contributed by atoms with van der Waals surface area (Å²) in [6, 6.07) is 1.94. The lowest BCUT2D eigenvalue weighted by Gasteiger charge is -2.21. The van der Waals surface area contributed by atoms with Crippen molar-refractivity contribution in [2.45, 2.75) is 39.2 Å². The topological polar surface area (TPSA) is 12.0 Å². The number of halogens is 3. The van der Waals surface area contributed by atoms with Crippen LogP contribution in [0.15, 0.2) is 24.3 Å². The summed E-state index contributed by atoms with van der Waals surface area (Å²) < 4.78 is 27.5. The zero-order valence-electron chi connectivity index (χ0n) is 11.4. The van der Waals surface area contributed by atoms with Gasteiger partial charge in [-0.15, -0.1) is 0 Å². The minimum absolute atomic E-state index is 0.190. The molecule has 0 fully saturated rings. The van der Waals surface area contributed by atoms with Gasteiger partial charge in [0.15, 0.2) is 0 Å². The van der Waals surface area contributed by atoms with E-state index in [2.05, 4.69) is 11.9 Å². The van der Waals surface area contributed by atoms with Crippen LogP contribution in [0.4, 0.5) is 8.78 Å². The highest BCUT2D eigenvalue weighted by Gasteiger charge is 2.18. The summed E-state index contributed by atoms with van der Waals surface area (Å²) in [7, 11) is 0. The fourth-order valence-electron chi connectivity index (χ4n) is 1.85. The van der Waals surface area contributed by atoms with E-state index >= 15 is 0 Å². The van der Waals surface area contributed by atoms with E-state index in [1.807, 2.05) is 13.8 Å². The molecule has 1 unspecified atom stereocenters. The Labute approximate surface area is 118 Å². The SMILES string of the molecule is C=C(CC)CC(NCCC)c1cc(F)c(Cl)cc1F. The summed E-state index contributed by atoms with van der Waals surface area (Å²) in [5, 5.41) is 3.04. The molecule has 19 heavy (non-hydrogen) atoms. The van der Waals surface area contributed by atoms with E-state index < -0.39 is 11.6 Å². The molecular weight excluding hydrogens is 268 g/mol. The number of benzene rings is 1. The largest absolute Gasteiger partial charge is 0.310 e. The average molecular weight is 288 g/mol. The smallest absolute Gasteiger partial charge is 0.142 e. The third-order valence-corrected chi connectivity index (χ3v) is 3.34. The van der Waals surface area contributed by atoms with Crippen LogP contribution < -0.4 is 5.32 Å². The van der Waals surface area contributed by atoms with Crippen molar-refractivity contribution in [3.63, 3.8) is 0 Å². The first-order valence-electron chi connectivity index (χ1n) is 6.54. The van der Waals surface area contributed by atoms with E-state index in [0.29, 0.717) is 12.0 Å². The number of hydrogen-bond acceptors (Lipinski definition) is 1. The molecule has 106 valence electrons. The van der Waals surface area contributed by atoms with Crippen molar-refractivity contribution in [1.82, 2.24) is 5.32 Å². The van der Waals surface area contributed by atoms with Gasteiger partial charge in [0.1, 0.15) is 11.6 Å². The molecule has 0 saturated heterocycles. The van der Waals surface area contributed by atoms with Crippen LogP contribution in [0.25, 0.3) is 0 Å². The monoisotopic (exact) mass is 287 g/mol. The second-order valence-corrected chi connectivity index (χ2v) is 5.01. The summed E-state index contributed by atoms with van der Waals surface area (Å²) in [5.41, 5.74) is 1.31. The predicted molar refractivity (Wildman–Crippen MR) is 76.5 cm³/mol. The van der Waals surface area contributed by atoms with Crippen molar-refractivity contribution in [2.75, 3.05) is 6.54 Å². The van der Waals surface area contributed by atoms with Crippen molar-refractivity contribution < 1.29 is 8.78 Å². The highest BCUT2D eigenvalue weighted by atomic mass is 35.5. The van der Waals surface area contributed by atoms with Crippen LogP contribution in [0.3, 0.4) is 0 Å². The number of hydrogen-bond donors (Lipinski definition) is 1. The minimum Gasteiger partial charge on any atom is -0.310 e. The van der Waals surface area contributed by atoms with E-state index in [4.69, 9.17) is 11.6 Å². The lowest BCUT2D eigenvalue weighted by Crippen LogP contribution is -2.23. The quantitative estimate of drug-likeness (QED) is 0.549. The van der Waals surface area contributed by atoms with Crippen LogP contribution >= 0.6 is 11.6 Å². The van der Waals surface area contributed by atoms with Crippen molar-refractivity contribution >= 4 is 11.6 Å². The molecule has 1 aromatic carbocycles. The summed E-state index contributed by atoms with van der Waals surface area (Å²) in [6.45, 7) is 8.70. The van der Waals surface area contributed by atoms with E-state index in [0.717, 1.165) is 31.0 Å². The average Bonchev–Trinajstić information content (AvgIpc) is 2.38. The Bertz CT molecular complexity index is 446. The molecule has 0 radical (unpaired) electrons. The van der Waals surface area contributed by atoms with Gasteiger partial charge in [0.2, 0.25) is 0 Å². The molecule has 0 aliphatic rings. The Morgan fingerprint density at radius 3 is 2.58 bits per heavy atom. The van der Waals surface area contributed by atoms with Crippen molar-refractivity contribution in [1.29, 1.82) is 0 Å². The molecule has 1 rings (SSSR count). The molecular formula is C15H20ClF2N. The molecule has 1 atom stereocenters. The molecule has 1 aromatic rings. The van der Waals surface area contributed by atoms with Crippen LogP contribution in [0.1, 0.15) is 44.7 Å². The summed E-state index contributed by atoms with van der Waals surface area (Å²) in [4.78, 5) is 0. The Morgan fingerprint density at radius 2 is 2.00 bits per heavy atom. The van der Waals surface area contributed by atoms with Gasteiger partial charge in [-0.1, -0.05) is 37.6 Å². The molecule has 0 aliphatic heterocycles. The molecule has 1 N–H and O–H groups in total. The van der Waals surface area contributed by atoms with Gasteiger partial charge < -0.3 is 5.32 Å².